The summed E-state index contributed by atoms with van der Waals surface area (Å²) in [6.07, 6.45) is 0.484. The Kier molecular flexibility index (Phi) is 5.76. The Labute approximate surface area is 154 Å². The highest BCUT2D eigenvalue weighted by molar-refractivity contribution is 5.79. The Balaban J connectivity index is 1.52. The maximum atomic E-state index is 13.0. The monoisotopic (exact) mass is 356 g/mol. The lowest BCUT2D eigenvalue weighted by Gasteiger charge is -2.36. The molecule has 2 aromatic rings. The van der Waals surface area contributed by atoms with Crippen molar-refractivity contribution in [2.24, 2.45) is 0 Å². The molecule has 1 aliphatic rings. The third-order valence-electron chi connectivity index (χ3n) is 4.47. The molecule has 0 atom stereocenters. The van der Waals surface area contributed by atoms with Gasteiger partial charge in [0.2, 0.25) is 5.91 Å². The SMILES string of the molecule is CC(C)Oc1ccc(N2CCN(C(=O)Cc3ccc(F)cc3)CC2)cc1. The predicted octanol–water partition coefficient (Wildman–Crippen LogP) is 3.50. The van der Waals surface area contributed by atoms with E-state index >= 15 is 0 Å². The molecule has 0 saturated carbocycles. The number of anilines is 1. The fraction of sp³-hybridized carbons (Fsp3) is 0.381. The van der Waals surface area contributed by atoms with E-state index in [2.05, 4.69) is 17.0 Å². The summed E-state index contributed by atoms with van der Waals surface area (Å²) in [7, 11) is 0. The number of ether oxygens (including phenoxy) is 1. The summed E-state index contributed by atoms with van der Waals surface area (Å²) in [6.45, 7) is 7.03. The first kappa shape index (κ1) is 18.2. The van der Waals surface area contributed by atoms with Crippen LogP contribution in [0, 0.1) is 5.82 Å². The summed E-state index contributed by atoms with van der Waals surface area (Å²) in [6, 6.07) is 14.2. The molecule has 1 fully saturated rings. The molecule has 5 heteroatoms. The molecule has 0 spiro atoms. The average Bonchev–Trinajstić information content (AvgIpc) is 2.64. The Morgan fingerprint density at radius 1 is 1.00 bits per heavy atom. The quantitative estimate of drug-likeness (QED) is 0.822. The van der Waals surface area contributed by atoms with Gasteiger partial charge in [0.15, 0.2) is 0 Å². The van der Waals surface area contributed by atoms with E-state index < -0.39 is 0 Å². The van der Waals surface area contributed by atoms with E-state index in [1.807, 2.05) is 30.9 Å². The van der Waals surface area contributed by atoms with E-state index in [1.54, 1.807) is 12.1 Å². The fourth-order valence-corrected chi connectivity index (χ4v) is 3.11. The van der Waals surface area contributed by atoms with E-state index in [4.69, 9.17) is 4.74 Å². The first-order valence-corrected chi connectivity index (χ1v) is 9.05. The fourth-order valence-electron chi connectivity index (χ4n) is 3.11. The standard InChI is InChI=1S/C21H25FN2O2/c1-16(2)26-20-9-7-19(8-10-20)23-11-13-24(14-12-23)21(25)15-17-3-5-18(22)6-4-17/h3-10,16H,11-15H2,1-2H3. The first-order valence-electron chi connectivity index (χ1n) is 9.05. The van der Waals surface area contributed by atoms with Crippen molar-refractivity contribution in [3.05, 3.63) is 59.9 Å². The van der Waals surface area contributed by atoms with Crippen LogP contribution in [0.5, 0.6) is 5.75 Å². The molecule has 1 aliphatic heterocycles. The zero-order valence-electron chi connectivity index (χ0n) is 15.3. The number of rotatable bonds is 5. The number of amides is 1. The van der Waals surface area contributed by atoms with Gasteiger partial charge in [-0.05, 0) is 55.8 Å². The van der Waals surface area contributed by atoms with Crippen LogP contribution in [0.25, 0.3) is 0 Å². The van der Waals surface area contributed by atoms with Crippen LogP contribution in [0.1, 0.15) is 19.4 Å². The molecule has 1 heterocycles. The third-order valence-corrected chi connectivity index (χ3v) is 4.47. The Morgan fingerprint density at radius 3 is 2.19 bits per heavy atom. The number of hydrogen-bond donors (Lipinski definition) is 0. The van der Waals surface area contributed by atoms with Gasteiger partial charge in [-0.15, -0.1) is 0 Å². The van der Waals surface area contributed by atoms with Gasteiger partial charge in [-0.2, -0.15) is 0 Å². The van der Waals surface area contributed by atoms with Crippen molar-refractivity contribution in [3.63, 3.8) is 0 Å². The van der Waals surface area contributed by atoms with E-state index in [0.717, 1.165) is 30.1 Å². The molecule has 0 N–H and O–H groups in total. The smallest absolute Gasteiger partial charge is 0.227 e. The highest BCUT2D eigenvalue weighted by Gasteiger charge is 2.21. The van der Waals surface area contributed by atoms with Gasteiger partial charge in [0.1, 0.15) is 11.6 Å². The number of halogens is 1. The second kappa shape index (κ2) is 8.21. The zero-order valence-corrected chi connectivity index (χ0v) is 15.3. The number of carbonyl (C=O) groups is 1. The molecule has 0 aromatic heterocycles. The van der Waals surface area contributed by atoms with Gasteiger partial charge in [-0.25, -0.2) is 4.39 Å². The van der Waals surface area contributed by atoms with Crippen molar-refractivity contribution in [1.82, 2.24) is 4.90 Å². The summed E-state index contributed by atoms with van der Waals surface area (Å²) >= 11 is 0. The van der Waals surface area contributed by atoms with Crippen molar-refractivity contribution < 1.29 is 13.9 Å². The highest BCUT2D eigenvalue weighted by Crippen LogP contribution is 2.21. The van der Waals surface area contributed by atoms with Crippen LogP contribution in [0.4, 0.5) is 10.1 Å². The topological polar surface area (TPSA) is 32.8 Å². The van der Waals surface area contributed by atoms with Crippen molar-refractivity contribution >= 4 is 11.6 Å². The number of hydrogen-bond acceptors (Lipinski definition) is 3. The first-order chi connectivity index (χ1) is 12.5. The third kappa shape index (κ3) is 4.75. The van der Waals surface area contributed by atoms with E-state index in [1.165, 1.54) is 12.1 Å². The van der Waals surface area contributed by atoms with Crippen LogP contribution in [-0.4, -0.2) is 43.1 Å². The summed E-state index contributed by atoms with van der Waals surface area (Å²) in [5.41, 5.74) is 1.99. The molecule has 0 unspecified atom stereocenters. The van der Waals surface area contributed by atoms with Gasteiger partial charge in [-0.1, -0.05) is 12.1 Å². The second-order valence-corrected chi connectivity index (χ2v) is 6.83. The lowest BCUT2D eigenvalue weighted by atomic mass is 10.1. The van der Waals surface area contributed by atoms with Crippen LogP contribution in [-0.2, 0) is 11.2 Å². The molecule has 0 aliphatic carbocycles. The molecule has 0 radical (unpaired) electrons. The molecule has 138 valence electrons. The van der Waals surface area contributed by atoms with E-state index in [9.17, 15) is 9.18 Å². The van der Waals surface area contributed by atoms with Gasteiger partial charge in [-0.3, -0.25) is 4.79 Å². The molecular formula is C21H25FN2O2. The van der Waals surface area contributed by atoms with Gasteiger partial charge < -0.3 is 14.5 Å². The molecule has 3 rings (SSSR count). The van der Waals surface area contributed by atoms with Crippen molar-refractivity contribution in [3.8, 4) is 5.75 Å². The Bertz CT molecular complexity index is 721. The van der Waals surface area contributed by atoms with Crippen LogP contribution in [0.15, 0.2) is 48.5 Å². The maximum Gasteiger partial charge on any atom is 0.227 e. The minimum atomic E-state index is -0.278. The largest absolute Gasteiger partial charge is 0.491 e. The molecular weight excluding hydrogens is 331 g/mol. The molecule has 26 heavy (non-hydrogen) atoms. The van der Waals surface area contributed by atoms with Gasteiger partial charge in [0, 0.05) is 31.9 Å². The average molecular weight is 356 g/mol. The minimum absolute atomic E-state index is 0.0944. The van der Waals surface area contributed by atoms with Gasteiger partial charge in [0.05, 0.1) is 12.5 Å². The number of carbonyl (C=O) groups excluding carboxylic acids is 1. The predicted molar refractivity (Wildman–Crippen MR) is 101 cm³/mol. The lowest BCUT2D eigenvalue weighted by Crippen LogP contribution is -2.49. The zero-order chi connectivity index (χ0) is 18.5. The maximum absolute atomic E-state index is 13.0. The van der Waals surface area contributed by atoms with Crippen molar-refractivity contribution in [2.75, 3.05) is 31.1 Å². The summed E-state index contributed by atoms with van der Waals surface area (Å²) in [4.78, 5) is 16.6. The molecule has 2 aromatic carbocycles. The van der Waals surface area contributed by atoms with E-state index in [-0.39, 0.29) is 17.8 Å². The molecule has 1 saturated heterocycles. The number of benzene rings is 2. The Morgan fingerprint density at radius 2 is 1.62 bits per heavy atom. The molecule has 1 amide bonds. The number of nitrogens with zero attached hydrogens (tertiary/aromatic N) is 2. The number of piperazine rings is 1. The Hall–Kier alpha value is -2.56. The lowest BCUT2D eigenvalue weighted by molar-refractivity contribution is -0.130. The van der Waals surface area contributed by atoms with Crippen molar-refractivity contribution in [2.45, 2.75) is 26.4 Å². The van der Waals surface area contributed by atoms with Crippen LogP contribution in [0.2, 0.25) is 0 Å². The van der Waals surface area contributed by atoms with E-state index in [0.29, 0.717) is 19.5 Å². The van der Waals surface area contributed by atoms with Crippen LogP contribution < -0.4 is 9.64 Å². The second-order valence-electron chi connectivity index (χ2n) is 6.83. The molecule has 0 bridgehead atoms. The van der Waals surface area contributed by atoms with Crippen LogP contribution >= 0.6 is 0 Å². The van der Waals surface area contributed by atoms with Crippen molar-refractivity contribution in [1.29, 1.82) is 0 Å². The summed E-state index contributed by atoms with van der Waals surface area (Å²) in [5, 5.41) is 0. The highest BCUT2D eigenvalue weighted by atomic mass is 19.1. The normalized spacial score (nSPS) is 14.6. The minimum Gasteiger partial charge on any atom is -0.491 e. The molecule has 4 nitrogen and oxygen atoms in total. The summed E-state index contributed by atoms with van der Waals surface area (Å²) in [5.74, 6) is 0.688. The van der Waals surface area contributed by atoms with Gasteiger partial charge in [0.25, 0.3) is 0 Å². The summed E-state index contributed by atoms with van der Waals surface area (Å²) < 4.78 is 18.6. The van der Waals surface area contributed by atoms with Gasteiger partial charge >= 0.3 is 0 Å². The van der Waals surface area contributed by atoms with Crippen LogP contribution in [0.3, 0.4) is 0 Å².